The Morgan fingerprint density at radius 1 is 1.19 bits per heavy atom. The van der Waals surface area contributed by atoms with E-state index in [-0.39, 0.29) is 17.7 Å². The molecule has 0 atom stereocenters. The maximum Gasteiger partial charge on any atom is 0.257 e. The number of amides is 2. The van der Waals surface area contributed by atoms with Crippen LogP contribution in [0.2, 0.25) is 0 Å². The summed E-state index contributed by atoms with van der Waals surface area (Å²) in [5, 5.41) is 3.09. The first-order valence-corrected chi connectivity index (χ1v) is 10.1. The third-order valence-electron chi connectivity index (χ3n) is 5.62. The van der Waals surface area contributed by atoms with E-state index in [1.807, 2.05) is 17.0 Å². The average Bonchev–Trinajstić information content (AvgIpc) is 2.74. The lowest BCUT2D eigenvalue weighted by molar-refractivity contribution is -0.126. The van der Waals surface area contributed by atoms with Crippen LogP contribution >= 0.6 is 0 Å². The number of hydrogen-bond donors (Lipinski definition) is 1. The fourth-order valence-electron chi connectivity index (χ4n) is 3.96. The van der Waals surface area contributed by atoms with Gasteiger partial charge in [-0.15, -0.1) is 0 Å². The minimum atomic E-state index is -0.0180. The number of rotatable bonds is 6. The molecule has 146 valence electrons. The summed E-state index contributed by atoms with van der Waals surface area (Å²) in [5.41, 5.74) is 2.07. The number of piperidine rings is 1. The molecule has 0 bridgehead atoms. The number of methoxy groups -OCH3 is 1. The van der Waals surface area contributed by atoms with Gasteiger partial charge in [-0.2, -0.15) is 0 Å². The number of benzene rings is 1. The van der Waals surface area contributed by atoms with E-state index in [9.17, 15) is 9.59 Å². The molecule has 1 saturated heterocycles. The first kappa shape index (κ1) is 19.5. The van der Waals surface area contributed by atoms with Crippen molar-refractivity contribution in [3.8, 4) is 5.75 Å². The molecule has 2 aliphatic rings. The van der Waals surface area contributed by atoms with Crippen molar-refractivity contribution in [1.29, 1.82) is 0 Å². The van der Waals surface area contributed by atoms with Crippen LogP contribution in [0.4, 0.5) is 0 Å². The second-order valence-corrected chi connectivity index (χ2v) is 7.42. The molecule has 27 heavy (non-hydrogen) atoms. The second-order valence-electron chi connectivity index (χ2n) is 7.42. The van der Waals surface area contributed by atoms with Crippen LogP contribution in [0.3, 0.4) is 0 Å². The summed E-state index contributed by atoms with van der Waals surface area (Å²) in [6.07, 6.45) is 9.67. The molecule has 0 radical (unpaired) electrons. The maximum atomic E-state index is 12.7. The van der Waals surface area contributed by atoms with Crippen molar-refractivity contribution in [3.63, 3.8) is 0 Å². The summed E-state index contributed by atoms with van der Waals surface area (Å²) in [6.45, 7) is 1.95. The molecule has 0 saturated carbocycles. The van der Waals surface area contributed by atoms with Gasteiger partial charge in [0.2, 0.25) is 5.91 Å². The van der Waals surface area contributed by atoms with Crippen molar-refractivity contribution in [2.24, 2.45) is 5.92 Å². The number of allylic oxidation sites excluding steroid dienone is 1. The molecule has 2 amide bonds. The van der Waals surface area contributed by atoms with Gasteiger partial charge in [0.1, 0.15) is 5.75 Å². The zero-order valence-electron chi connectivity index (χ0n) is 16.2. The Bertz CT molecular complexity index is 691. The number of nitrogens with one attached hydrogen (secondary N) is 1. The molecule has 1 fully saturated rings. The molecule has 5 heteroatoms. The first-order chi connectivity index (χ1) is 13.2. The summed E-state index contributed by atoms with van der Waals surface area (Å²) in [5.74, 6) is 0.720. The molecule has 1 N–H and O–H groups in total. The first-order valence-electron chi connectivity index (χ1n) is 10.1. The summed E-state index contributed by atoms with van der Waals surface area (Å²) in [6, 6.07) is 7.29. The molecule has 1 aliphatic heterocycles. The standard InChI is InChI=1S/C22H30N2O3/c1-27-20-10-6-5-9-19(20)22(26)24-15-12-18(13-16-24)21(25)23-14-11-17-7-3-2-4-8-17/h5-7,9-10,18H,2-4,8,11-16H2,1H3,(H,23,25). The van der Waals surface area contributed by atoms with Gasteiger partial charge in [0.15, 0.2) is 0 Å². The van der Waals surface area contributed by atoms with Gasteiger partial charge in [0, 0.05) is 25.6 Å². The molecule has 0 aromatic heterocycles. The summed E-state index contributed by atoms with van der Waals surface area (Å²) < 4.78 is 5.29. The van der Waals surface area contributed by atoms with Crippen molar-refractivity contribution < 1.29 is 14.3 Å². The van der Waals surface area contributed by atoms with Gasteiger partial charge in [-0.1, -0.05) is 23.8 Å². The normalized spacial score (nSPS) is 18.0. The SMILES string of the molecule is COc1ccccc1C(=O)N1CCC(C(=O)NCCC2=CCCCC2)CC1. The van der Waals surface area contributed by atoms with Crippen LogP contribution in [-0.2, 0) is 4.79 Å². The number of ether oxygens (including phenoxy) is 1. The van der Waals surface area contributed by atoms with Gasteiger partial charge in [-0.25, -0.2) is 0 Å². The number of carbonyl (C=O) groups excluding carboxylic acids is 2. The van der Waals surface area contributed by atoms with Gasteiger partial charge in [-0.3, -0.25) is 9.59 Å². The van der Waals surface area contributed by atoms with E-state index >= 15 is 0 Å². The predicted molar refractivity (Wildman–Crippen MR) is 106 cm³/mol. The molecule has 5 nitrogen and oxygen atoms in total. The molecule has 1 aromatic carbocycles. The minimum Gasteiger partial charge on any atom is -0.496 e. The van der Waals surface area contributed by atoms with Crippen LogP contribution in [0, 0.1) is 5.92 Å². The molecular formula is C22H30N2O3. The molecular weight excluding hydrogens is 340 g/mol. The van der Waals surface area contributed by atoms with Gasteiger partial charge < -0.3 is 15.0 Å². The highest BCUT2D eigenvalue weighted by atomic mass is 16.5. The Hall–Kier alpha value is -2.30. The van der Waals surface area contributed by atoms with Gasteiger partial charge in [0.05, 0.1) is 12.7 Å². The second kappa shape index (κ2) is 9.58. The van der Waals surface area contributed by atoms with Crippen molar-refractivity contribution in [2.45, 2.75) is 44.9 Å². The molecule has 3 rings (SSSR count). The Kier molecular flexibility index (Phi) is 6.91. The van der Waals surface area contributed by atoms with Crippen LogP contribution in [0.25, 0.3) is 0 Å². The van der Waals surface area contributed by atoms with Gasteiger partial charge >= 0.3 is 0 Å². The fraction of sp³-hybridized carbons (Fsp3) is 0.545. The third-order valence-corrected chi connectivity index (χ3v) is 5.62. The highest BCUT2D eigenvalue weighted by Crippen LogP contribution is 2.24. The van der Waals surface area contributed by atoms with Crippen molar-refractivity contribution >= 4 is 11.8 Å². The van der Waals surface area contributed by atoms with Gasteiger partial charge in [-0.05, 0) is 57.1 Å². The topological polar surface area (TPSA) is 58.6 Å². The molecule has 1 aromatic rings. The fourth-order valence-corrected chi connectivity index (χ4v) is 3.96. The zero-order chi connectivity index (χ0) is 19.1. The smallest absolute Gasteiger partial charge is 0.257 e. The molecule has 0 spiro atoms. The Morgan fingerprint density at radius 2 is 1.96 bits per heavy atom. The summed E-state index contributed by atoms with van der Waals surface area (Å²) in [4.78, 5) is 27.0. The van der Waals surface area contributed by atoms with E-state index in [4.69, 9.17) is 4.74 Å². The van der Waals surface area contributed by atoms with Gasteiger partial charge in [0.25, 0.3) is 5.91 Å². The van der Waals surface area contributed by atoms with E-state index in [1.165, 1.54) is 31.3 Å². The largest absolute Gasteiger partial charge is 0.496 e. The van der Waals surface area contributed by atoms with Crippen LogP contribution in [0.1, 0.15) is 55.3 Å². The lowest BCUT2D eigenvalue weighted by Gasteiger charge is -2.31. The molecule has 1 aliphatic carbocycles. The predicted octanol–water partition coefficient (Wildman–Crippen LogP) is 3.55. The summed E-state index contributed by atoms with van der Waals surface area (Å²) >= 11 is 0. The summed E-state index contributed by atoms with van der Waals surface area (Å²) in [7, 11) is 1.58. The number of hydrogen-bond acceptors (Lipinski definition) is 3. The third kappa shape index (κ3) is 5.12. The lowest BCUT2D eigenvalue weighted by atomic mass is 9.94. The van der Waals surface area contributed by atoms with Crippen molar-refractivity contribution in [2.75, 3.05) is 26.7 Å². The van der Waals surface area contributed by atoms with E-state index in [1.54, 1.807) is 19.2 Å². The van der Waals surface area contributed by atoms with E-state index in [0.29, 0.717) is 24.4 Å². The van der Waals surface area contributed by atoms with Crippen molar-refractivity contribution in [3.05, 3.63) is 41.5 Å². The maximum absolute atomic E-state index is 12.7. The van der Waals surface area contributed by atoms with E-state index in [0.717, 1.165) is 25.8 Å². The van der Waals surface area contributed by atoms with E-state index < -0.39 is 0 Å². The Morgan fingerprint density at radius 3 is 2.67 bits per heavy atom. The quantitative estimate of drug-likeness (QED) is 0.779. The zero-order valence-corrected chi connectivity index (χ0v) is 16.2. The van der Waals surface area contributed by atoms with Crippen LogP contribution in [-0.4, -0.2) is 43.5 Å². The number of carbonyl (C=O) groups is 2. The number of para-hydroxylation sites is 1. The number of nitrogens with zero attached hydrogens (tertiary/aromatic N) is 1. The lowest BCUT2D eigenvalue weighted by Crippen LogP contribution is -2.43. The van der Waals surface area contributed by atoms with Crippen molar-refractivity contribution in [1.82, 2.24) is 10.2 Å². The Balaban J connectivity index is 1.44. The molecule has 0 unspecified atom stereocenters. The van der Waals surface area contributed by atoms with E-state index in [2.05, 4.69) is 11.4 Å². The average molecular weight is 370 g/mol. The minimum absolute atomic E-state index is 0.00653. The molecule has 1 heterocycles. The number of likely N-dealkylation sites (tertiary alicyclic amines) is 1. The monoisotopic (exact) mass is 370 g/mol. The highest BCUT2D eigenvalue weighted by Gasteiger charge is 2.28. The van der Waals surface area contributed by atoms with Crippen LogP contribution in [0.15, 0.2) is 35.9 Å². The van der Waals surface area contributed by atoms with Crippen LogP contribution in [0.5, 0.6) is 5.75 Å². The highest BCUT2D eigenvalue weighted by molar-refractivity contribution is 5.97. The van der Waals surface area contributed by atoms with Crippen LogP contribution < -0.4 is 10.1 Å². The Labute approximate surface area is 161 Å².